The van der Waals surface area contributed by atoms with Gasteiger partial charge < -0.3 is 14.6 Å². The Hall–Kier alpha value is -3.02. The number of benzene rings is 3. The van der Waals surface area contributed by atoms with E-state index < -0.39 is 23.5 Å². The summed E-state index contributed by atoms with van der Waals surface area (Å²) in [4.78, 5) is 12.4. The van der Waals surface area contributed by atoms with Crippen LogP contribution in [0, 0.1) is 5.82 Å². The van der Waals surface area contributed by atoms with Gasteiger partial charge in [0.15, 0.2) is 11.7 Å². The van der Waals surface area contributed by atoms with Gasteiger partial charge in [0.1, 0.15) is 5.82 Å². The molecule has 144 valence electrons. The number of esters is 1. The Morgan fingerprint density at radius 2 is 1.46 bits per heavy atom. The molecule has 0 bridgehead atoms. The minimum absolute atomic E-state index is 0.126. The van der Waals surface area contributed by atoms with Crippen molar-refractivity contribution in [1.29, 1.82) is 0 Å². The zero-order chi connectivity index (χ0) is 20.0. The molecule has 5 heteroatoms. The van der Waals surface area contributed by atoms with Gasteiger partial charge in [0.25, 0.3) is 0 Å². The normalized spacial score (nSPS) is 14.1. The lowest BCUT2D eigenvalue weighted by Gasteiger charge is -2.37. The minimum Gasteiger partial charge on any atom is -0.467 e. The third-order valence-corrected chi connectivity index (χ3v) is 4.59. The van der Waals surface area contributed by atoms with Crippen LogP contribution in [0.5, 0.6) is 0 Å². The third-order valence-electron chi connectivity index (χ3n) is 4.59. The van der Waals surface area contributed by atoms with E-state index >= 15 is 0 Å². The third kappa shape index (κ3) is 3.96. The molecule has 0 heterocycles. The molecule has 3 rings (SSSR count). The van der Waals surface area contributed by atoms with E-state index in [0.29, 0.717) is 11.1 Å². The van der Waals surface area contributed by atoms with Gasteiger partial charge in [-0.05, 0) is 28.8 Å². The molecule has 1 N–H and O–H groups in total. The molecule has 0 unspecified atom stereocenters. The van der Waals surface area contributed by atoms with E-state index in [-0.39, 0.29) is 6.61 Å². The Labute approximate surface area is 163 Å². The number of carbonyl (C=O) groups is 1. The summed E-state index contributed by atoms with van der Waals surface area (Å²) in [7, 11) is 1.20. The SMILES string of the molecule is COC(=O)[C@H](O)[C@](OCc1ccccc1)(c1ccccc1)c1ccc(F)cc1. The zero-order valence-electron chi connectivity index (χ0n) is 15.4. The van der Waals surface area contributed by atoms with E-state index in [4.69, 9.17) is 9.47 Å². The summed E-state index contributed by atoms with van der Waals surface area (Å²) in [5.41, 5.74) is 0.282. The molecule has 0 spiro atoms. The molecular formula is C23H21FO4. The molecule has 0 saturated carbocycles. The summed E-state index contributed by atoms with van der Waals surface area (Å²) < 4.78 is 24.6. The van der Waals surface area contributed by atoms with Crippen molar-refractivity contribution in [3.8, 4) is 0 Å². The Balaban J connectivity index is 2.15. The quantitative estimate of drug-likeness (QED) is 0.633. The fourth-order valence-corrected chi connectivity index (χ4v) is 3.16. The van der Waals surface area contributed by atoms with E-state index in [2.05, 4.69) is 0 Å². The van der Waals surface area contributed by atoms with Crippen LogP contribution < -0.4 is 0 Å². The van der Waals surface area contributed by atoms with Crippen LogP contribution in [0.15, 0.2) is 84.9 Å². The lowest BCUT2D eigenvalue weighted by molar-refractivity contribution is -0.172. The molecule has 4 nitrogen and oxygen atoms in total. The molecule has 0 aliphatic carbocycles. The lowest BCUT2D eigenvalue weighted by Crippen LogP contribution is -2.48. The molecule has 0 saturated heterocycles. The molecule has 0 aliphatic heterocycles. The van der Waals surface area contributed by atoms with Crippen molar-refractivity contribution in [1.82, 2.24) is 0 Å². The van der Waals surface area contributed by atoms with Crippen molar-refractivity contribution < 1.29 is 23.8 Å². The molecule has 2 atom stereocenters. The fraction of sp³-hybridized carbons (Fsp3) is 0.174. The summed E-state index contributed by atoms with van der Waals surface area (Å²) in [6.07, 6.45) is -1.66. The first kappa shape index (κ1) is 19.7. The van der Waals surface area contributed by atoms with E-state index in [1.807, 2.05) is 36.4 Å². The highest BCUT2D eigenvalue weighted by molar-refractivity contribution is 5.77. The second-order valence-corrected chi connectivity index (χ2v) is 6.31. The average Bonchev–Trinajstić information content (AvgIpc) is 2.76. The first-order valence-corrected chi connectivity index (χ1v) is 8.83. The van der Waals surface area contributed by atoms with Crippen molar-refractivity contribution in [2.75, 3.05) is 7.11 Å². The maximum absolute atomic E-state index is 13.6. The number of aliphatic hydroxyl groups excluding tert-OH is 1. The molecule has 28 heavy (non-hydrogen) atoms. The Morgan fingerprint density at radius 3 is 2.04 bits per heavy atom. The van der Waals surface area contributed by atoms with Gasteiger partial charge in [-0.25, -0.2) is 9.18 Å². The first-order valence-electron chi connectivity index (χ1n) is 8.83. The second-order valence-electron chi connectivity index (χ2n) is 6.31. The maximum atomic E-state index is 13.6. The molecule has 0 amide bonds. The predicted molar refractivity (Wildman–Crippen MR) is 103 cm³/mol. The molecule has 0 aromatic heterocycles. The van der Waals surface area contributed by atoms with Crippen molar-refractivity contribution >= 4 is 5.97 Å². The van der Waals surface area contributed by atoms with E-state index in [0.717, 1.165) is 5.56 Å². The molecular weight excluding hydrogens is 359 g/mol. The number of hydrogen-bond donors (Lipinski definition) is 1. The van der Waals surface area contributed by atoms with Gasteiger partial charge in [0.05, 0.1) is 13.7 Å². The number of aliphatic hydroxyl groups is 1. The highest BCUT2D eigenvalue weighted by Gasteiger charge is 2.47. The zero-order valence-corrected chi connectivity index (χ0v) is 15.4. The predicted octanol–water partition coefficient (Wildman–Crippen LogP) is 3.82. The van der Waals surface area contributed by atoms with Crippen LogP contribution in [-0.2, 0) is 26.5 Å². The second kappa shape index (κ2) is 8.78. The summed E-state index contributed by atoms with van der Waals surface area (Å²) in [6, 6.07) is 23.8. The van der Waals surface area contributed by atoms with Gasteiger partial charge in [-0.15, -0.1) is 0 Å². The Morgan fingerprint density at radius 1 is 0.929 bits per heavy atom. The van der Waals surface area contributed by atoms with Crippen molar-refractivity contribution in [3.05, 3.63) is 107 Å². The highest BCUT2D eigenvalue weighted by Crippen LogP contribution is 2.38. The number of carbonyl (C=O) groups excluding carboxylic acids is 1. The van der Waals surface area contributed by atoms with Crippen LogP contribution in [0.25, 0.3) is 0 Å². The van der Waals surface area contributed by atoms with Gasteiger partial charge in [-0.1, -0.05) is 72.8 Å². The number of methoxy groups -OCH3 is 1. The Bertz CT molecular complexity index is 897. The van der Waals surface area contributed by atoms with Gasteiger partial charge in [0.2, 0.25) is 0 Å². The topological polar surface area (TPSA) is 55.8 Å². The summed E-state index contributed by atoms with van der Waals surface area (Å²) in [5.74, 6) is -1.28. The number of ether oxygens (including phenoxy) is 2. The molecule has 0 fully saturated rings. The molecule has 0 radical (unpaired) electrons. The van der Waals surface area contributed by atoms with Crippen LogP contribution in [0.2, 0.25) is 0 Å². The smallest absolute Gasteiger partial charge is 0.338 e. The van der Waals surface area contributed by atoms with Crippen molar-refractivity contribution in [2.24, 2.45) is 0 Å². The summed E-state index contributed by atoms with van der Waals surface area (Å²) in [5, 5.41) is 11.0. The van der Waals surface area contributed by atoms with Gasteiger partial charge >= 0.3 is 5.97 Å². The van der Waals surface area contributed by atoms with Crippen LogP contribution in [0.3, 0.4) is 0 Å². The van der Waals surface area contributed by atoms with Crippen LogP contribution in [-0.4, -0.2) is 24.3 Å². The van der Waals surface area contributed by atoms with Gasteiger partial charge in [0, 0.05) is 0 Å². The van der Waals surface area contributed by atoms with Gasteiger partial charge in [-0.3, -0.25) is 0 Å². The number of rotatable bonds is 7. The number of halogens is 1. The number of hydrogen-bond acceptors (Lipinski definition) is 4. The van der Waals surface area contributed by atoms with Crippen LogP contribution >= 0.6 is 0 Å². The van der Waals surface area contributed by atoms with Crippen molar-refractivity contribution in [3.63, 3.8) is 0 Å². The monoisotopic (exact) mass is 380 g/mol. The fourth-order valence-electron chi connectivity index (χ4n) is 3.16. The first-order chi connectivity index (χ1) is 13.6. The molecule has 3 aromatic carbocycles. The molecule has 3 aromatic rings. The van der Waals surface area contributed by atoms with Crippen LogP contribution in [0.4, 0.5) is 4.39 Å². The van der Waals surface area contributed by atoms with E-state index in [1.54, 1.807) is 24.3 Å². The largest absolute Gasteiger partial charge is 0.467 e. The standard InChI is InChI=1S/C23H21FO4/c1-27-22(26)21(25)23(18-10-6-3-7-11-18,19-12-14-20(24)15-13-19)28-16-17-8-4-2-5-9-17/h2-15,21,25H,16H2,1H3/t21-,23-/m0/s1. The van der Waals surface area contributed by atoms with E-state index in [1.165, 1.54) is 31.4 Å². The van der Waals surface area contributed by atoms with Crippen LogP contribution in [0.1, 0.15) is 16.7 Å². The summed E-state index contributed by atoms with van der Waals surface area (Å²) >= 11 is 0. The molecule has 0 aliphatic rings. The average molecular weight is 380 g/mol. The highest BCUT2D eigenvalue weighted by atomic mass is 19.1. The maximum Gasteiger partial charge on any atom is 0.338 e. The van der Waals surface area contributed by atoms with E-state index in [9.17, 15) is 14.3 Å². The Kier molecular flexibility index (Phi) is 6.19. The lowest BCUT2D eigenvalue weighted by atomic mass is 9.81. The minimum atomic E-state index is -1.66. The van der Waals surface area contributed by atoms with Crippen molar-refractivity contribution in [2.45, 2.75) is 18.3 Å². The van der Waals surface area contributed by atoms with Gasteiger partial charge in [-0.2, -0.15) is 0 Å². The summed E-state index contributed by atoms with van der Waals surface area (Å²) in [6.45, 7) is 0.126.